The van der Waals surface area contributed by atoms with Crippen LogP contribution in [-0.4, -0.2) is 24.0 Å². The van der Waals surface area contributed by atoms with Crippen LogP contribution in [0, 0.1) is 5.92 Å². The van der Waals surface area contributed by atoms with Gasteiger partial charge in [0.15, 0.2) is 0 Å². The fourth-order valence-corrected chi connectivity index (χ4v) is 2.36. The number of hydrogen-bond donors (Lipinski definition) is 1. The lowest BCUT2D eigenvalue weighted by molar-refractivity contribution is 0.0952. The van der Waals surface area contributed by atoms with E-state index in [0.717, 1.165) is 12.8 Å². The molecule has 1 amide bonds. The van der Waals surface area contributed by atoms with Crippen LogP contribution in [0.15, 0.2) is 48.7 Å². The van der Waals surface area contributed by atoms with Crippen molar-refractivity contribution in [1.82, 2.24) is 10.3 Å². The number of rotatable bonds is 8. The van der Waals surface area contributed by atoms with Crippen LogP contribution in [-0.2, 0) is 6.42 Å². The number of nitrogens with zero attached hydrogens (tertiary/aromatic N) is 1. The first-order chi connectivity index (χ1) is 11.3. The van der Waals surface area contributed by atoms with Crippen LogP contribution in [0.5, 0.6) is 5.88 Å². The highest BCUT2D eigenvalue weighted by Crippen LogP contribution is 2.29. The zero-order valence-electron chi connectivity index (χ0n) is 13.2. The van der Waals surface area contributed by atoms with E-state index in [9.17, 15) is 4.79 Å². The average molecular weight is 310 g/mol. The third-order valence-corrected chi connectivity index (χ3v) is 3.93. The second-order valence-electron chi connectivity index (χ2n) is 5.98. The molecule has 0 atom stereocenters. The highest BCUT2D eigenvalue weighted by Gasteiger charge is 2.22. The molecule has 4 nitrogen and oxygen atoms in total. The molecule has 1 aromatic heterocycles. The van der Waals surface area contributed by atoms with E-state index in [2.05, 4.69) is 22.4 Å². The summed E-state index contributed by atoms with van der Waals surface area (Å²) in [5, 5.41) is 2.95. The van der Waals surface area contributed by atoms with Crippen LogP contribution in [0.25, 0.3) is 0 Å². The van der Waals surface area contributed by atoms with Crippen LogP contribution in [0.1, 0.15) is 35.2 Å². The van der Waals surface area contributed by atoms with Gasteiger partial charge in [0.25, 0.3) is 5.91 Å². The van der Waals surface area contributed by atoms with Crippen molar-refractivity contribution < 1.29 is 9.53 Å². The molecule has 0 aliphatic heterocycles. The zero-order chi connectivity index (χ0) is 15.9. The second kappa shape index (κ2) is 7.77. The predicted molar refractivity (Wildman–Crippen MR) is 89.6 cm³/mol. The molecule has 1 N–H and O–H groups in total. The van der Waals surface area contributed by atoms with Crippen molar-refractivity contribution >= 4 is 5.91 Å². The molecule has 1 fully saturated rings. The van der Waals surface area contributed by atoms with Crippen LogP contribution in [0.2, 0.25) is 0 Å². The van der Waals surface area contributed by atoms with E-state index in [1.165, 1.54) is 18.4 Å². The molecule has 0 saturated heterocycles. The summed E-state index contributed by atoms with van der Waals surface area (Å²) in [6.07, 6.45) is 5.99. The molecule has 1 saturated carbocycles. The molecule has 0 bridgehead atoms. The summed E-state index contributed by atoms with van der Waals surface area (Å²) < 4.78 is 5.61. The van der Waals surface area contributed by atoms with Crippen LogP contribution in [0.4, 0.5) is 0 Å². The molecule has 1 aliphatic carbocycles. The van der Waals surface area contributed by atoms with Crippen molar-refractivity contribution in [2.45, 2.75) is 25.7 Å². The van der Waals surface area contributed by atoms with Gasteiger partial charge in [0.2, 0.25) is 5.88 Å². The van der Waals surface area contributed by atoms with Crippen molar-refractivity contribution in [3.63, 3.8) is 0 Å². The Balaban J connectivity index is 1.43. The van der Waals surface area contributed by atoms with E-state index >= 15 is 0 Å². The van der Waals surface area contributed by atoms with Gasteiger partial charge in [-0.25, -0.2) is 4.98 Å². The second-order valence-corrected chi connectivity index (χ2v) is 5.98. The molecule has 23 heavy (non-hydrogen) atoms. The molecule has 0 radical (unpaired) electrons. The van der Waals surface area contributed by atoms with E-state index in [1.54, 1.807) is 18.3 Å². The molecule has 0 unspecified atom stereocenters. The van der Waals surface area contributed by atoms with E-state index in [0.29, 0.717) is 30.5 Å². The van der Waals surface area contributed by atoms with Gasteiger partial charge in [0, 0.05) is 24.4 Å². The Morgan fingerprint density at radius 2 is 2.04 bits per heavy atom. The Bertz CT molecular complexity index is 639. The van der Waals surface area contributed by atoms with E-state index in [-0.39, 0.29) is 5.91 Å². The highest BCUT2D eigenvalue weighted by atomic mass is 16.5. The molecule has 1 heterocycles. The summed E-state index contributed by atoms with van der Waals surface area (Å²) >= 11 is 0. The number of benzene rings is 1. The maximum atomic E-state index is 12.2. The van der Waals surface area contributed by atoms with Crippen LogP contribution >= 0.6 is 0 Å². The number of aryl methyl sites for hydroxylation is 1. The normalized spacial score (nSPS) is 13.6. The summed E-state index contributed by atoms with van der Waals surface area (Å²) in [5.74, 6) is 1.14. The first kappa shape index (κ1) is 15.5. The number of pyridine rings is 1. The number of nitrogens with one attached hydrogen (secondary N) is 1. The predicted octanol–water partition coefficient (Wildman–Crippen LogP) is 3.23. The maximum Gasteiger partial charge on any atom is 0.251 e. The molecule has 1 aromatic carbocycles. The minimum Gasteiger partial charge on any atom is -0.477 e. The number of carbonyl (C=O) groups is 1. The first-order valence-corrected chi connectivity index (χ1v) is 8.22. The van der Waals surface area contributed by atoms with Crippen molar-refractivity contribution in [3.05, 3.63) is 59.8 Å². The number of carbonyl (C=O) groups excluding carboxylic acids is 1. The van der Waals surface area contributed by atoms with E-state index in [1.807, 2.05) is 18.2 Å². The van der Waals surface area contributed by atoms with Crippen molar-refractivity contribution in [3.8, 4) is 5.88 Å². The lowest BCUT2D eigenvalue weighted by Gasteiger charge is -2.08. The Labute approximate surface area is 136 Å². The number of ether oxygens (including phenoxy) is 1. The van der Waals surface area contributed by atoms with Crippen LogP contribution in [0.3, 0.4) is 0 Å². The minimum atomic E-state index is -0.0725. The van der Waals surface area contributed by atoms with Crippen molar-refractivity contribution in [2.75, 3.05) is 13.2 Å². The molecule has 4 heteroatoms. The Hall–Kier alpha value is -2.36. The molecular formula is C19H22N2O2. The third-order valence-electron chi connectivity index (χ3n) is 3.93. The van der Waals surface area contributed by atoms with Gasteiger partial charge in [-0.15, -0.1) is 0 Å². The van der Waals surface area contributed by atoms with Gasteiger partial charge in [-0.05, 0) is 43.2 Å². The summed E-state index contributed by atoms with van der Waals surface area (Å²) in [6, 6.07) is 13.7. The quantitative estimate of drug-likeness (QED) is 0.762. The Morgan fingerprint density at radius 3 is 2.83 bits per heavy atom. The van der Waals surface area contributed by atoms with Gasteiger partial charge in [-0.2, -0.15) is 0 Å². The fourth-order valence-electron chi connectivity index (χ4n) is 2.36. The van der Waals surface area contributed by atoms with E-state index in [4.69, 9.17) is 4.74 Å². The Kier molecular flexibility index (Phi) is 5.25. The van der Waals surface area contributed by atoms with Gasteiger partial charge < -0.3 is 10.1 Å². The lowest BCUT2D eigenvalue weighted by Crippen LogP contribution is -2.24. The lowest BCUT2D eigenvalue weighted by atomic mass is 10.1. The van der Waals surface area contributed by atoms with Gasteiger partial charge in [-0.1, -0.05) is 30.3 Å². The fraction of sp³-hybridized carbons (Fsp3) is 0.368. The van der Waals surface area contributed by atoms with Gasteiger partial charge in [0.05, 0.1) is 6.61 Å². The highest BCUT2D eigenvalue weighted by molar-refractivity contribution is 5.94. The van der Waals surface area contributed by atoms with Crippen molar-refractivity contribution in [1.29, 1.82) is 0 Å². The molecule has 2 aromatic rings. The number of aromatic nitrogens is 1. The monoisotopic (exact) mass is 310 g/mol. The SMILES string of the molecule is O=C(NCCCc1ccccc1)c1ccnc(OCC2CC2)c1. The summed E-state index contributed by atoms with van der Waals surface area (Å²) in [7, 11) is 0. The zero-order valence-corrected chi connectivity index (χ0v) is 13.2. The molecule has 0 spiro atoms. The van der Waals surface area contributed by atoms with Crippen molar-refractivity contribution in [2.24, 2.45) is 5.92 Å². The van der Waals surface area contributed by atoms with Gasteiger partial charge in [0.1, 0.15) is 0 Å². The average Bonchev–Trinajstić information content (AvgIpc) is 3.42. The molecule has 3 rings (SSSR count). The number of hydrogen-bond acceptors (Lipinski definition) is 3. The summed E-state index contributed by atoms with van der Waals surface area (Å²) in [6.45, 7) is 1.36. The minimum absolute atomic E-state index is 0.0725. The summed E-state index contributed by atoms with van der Waals surface area (Å²) in [5.41, 5.74) is 1.90. The Morgan fingerprint density at radius 1 is 1.22 bits per heavy atom. The standard InChI is InChI=1S/C19H22N2O2/c22-19(21-11-4-7-15-5-2-1-3-6-15)17-10-12-20-18(13-17)23-14-16-8-9-16/h1-3,5-6,10,12-13,16H,4,7-9,11,14H2,(H,21,22). The summed E-state index contributed by atoms with van der Waals surface area (Å²) in [4.78, 5) is 16.3. The number of amides is 1. The maximum absolute atomic E-state index is 12.2. The van der Waals surface area contributed by atoms with Gasteiger partial charge >= 0.3 is 0 Å². The van der Waals surface area contributed by atoms with Gasteiger partial charge in [-0.3, -0.25) is 4.79 Å². The largest absolute Gasteiger partial charge is 0.477 e. The molecule has 120 valence electrons. The van der Waals surface area contributed by atoms with Crippen LogP contribution < -0.4 is 10.1 Å². The first-order valence-electron chi connectivity index (χ1n) is 8.22. The topological polar surface area (TPSA) is 51.2 Å². The smallest absolute Gasteiger partial charge is 0.251 e. The van der Waals surface area contributed by atoms with E-state index < -0.39 is 0 Å². The molecular weight excluding hydrogens is 288 g/mol. The molecule has 1 aliphatic rings. The third kappa shape index (κ3) is 5.09.